The standard InChI is InChI=1S/C11H12N2O4S/c1-6-7(5-14)18-9-8(6)10(15)13(3-4-17-2)11(16)12-9/h5H,3-4H2,1-2H3,(H,12,16). The Morgan fingerprint density at radius 1 is 1.44 bits per heavy atom. The van der Waals surface area contributed by atoms with Crippen LogP contribution in [0.25, 0.3) is 10.2 Å². The van der Waals surface area contributed by atoms with E-state index in [4.69, 9.17) is 4.74 Å². The summed E-state index contributed by atoms with van der Waals surface area (Å²) in [4.78, 5) is 38.3. The molecule has 0 spiro atoms. The summed E-state index contributed by atoms with van der Waals surface area (Å²) in [5.41, 5.74) is -0.256. The number of aldehydes is 1. The highest BCUT2D eigenvalue weighted by atomic mass is 32.1. The molecule has 0 fully saturated rings. The maximum Gasteiger partial charge on any atom is 0.329 e. The third kappa shape index (κ3) is 1.91. The van der Waals surface area contributed by atoms with Crippen molar-refractivity contribution in [1.29, 1.82) is 0 Å². The van der Waals surface area contributed by atoms with Gasteiger partial charge in [-0.1, -0.05) is 0 Å². The molecule has 0 saturated heterocycles. The Morgan fingerprint density at radius 2 is 2.17 bits per heavy atom. The first kappa shape index (κ1) is 12.7. The zero-order valence-corrected chi connectivity index (χ0v) is 10.8. The van der Waals surface area contributed by atoms with E-state index < -0.39 is 5.69 Å². The van der Waals surface area contributed by atoms with Gasteiger partial charge in [-0.2, -0.15) is 0 Å². The molecule has 1 N–H and O–H groups in total. The van der Waals surface area contributed by atoms with Gasteiger partial charge < -0.3 is 4.74 Å². The van der Waals surface area contributed by atoms with Crippen molar-refractivity contribution in [2.24, 2.45) is 0 Å². The van der Waals surface area contributed by atoms with E-state index in [-0.39, 0.29) is 18.7 Å². The molecule has 0 saturated carbocycles. The molecular formula is C11H12N2O4S. The van der Waals surface area contributed by atoms with Gasteiger partial charge in [-0.3, -0.25) is 19.1 Å². The second-order valence-corrected chi connectivity index (χ2v) is 4.85. The minimum atomic E-state index is -0.483. The lowest BCUT2D eigenvalue weighted by molar-refractivity contribution is 0.112. The molecule has 2 aromatic heterocycles. The summed E-state index contributed by atoms with van der Waals surface area (Å²) in [6.45, 7) is 2.16. The molecule has 0 unspecified atom stereocenters. The Morgan fingerprint density at radius 3 is 2.78 bits per heavy atom. The molecule has 2 aromatic rings. The number of nitrogens with zero attached hydrogens (tertiary/aromatic N) is 1. The van der Waals surface area contributed by atoms with Crippen molar-refractivity contribution in [2.75, 3.05) is 13.7 Å². The number of ether oxygens (including phenoxy) is 1. The van der Waals surface area contributed by atoms with Gasteiger partial charge in [0, 0.05) is 7.11 Å². The van der Waals surface area contributed by atoms with Gasteiger partial charge in [0.2, 0.25) is 0 Å². The van der Waals surface area contributed by atoms with E-state index in [1.54, 1.807) is 6.92 Å². The fourth-order valence-corrected chi connectivity index (χ4v) is 2.77. The summed E-state index contributed by atoms with van der Waals surface area (Å²) in [6, 6.07) is 0. The van der Waals surface area contributed by atoms with Crippen molar-refractivity contribution in [3.8, 4) is 0 Å². The maximum atomic E-state index is 12.2. The van der Waals surface area contributed by atoms with Crippen LogP contribution < -0.4 is 11.2 Å². The molecule has 0 atom stereocenters. The van der Waals surface area contributed by atoms with Gasteiger partial charge in [-0.05, 0) is 12.5 Å². The highest BCUT2D eigenvalue weighted by Gasteiger charge is 2.15. The molecule has 6 nitrogen and oxygen atoms in total. The van der Waals surface area contributed by atoms with Gasteiger partial charge in [0.25, 0.3) is 5.56 Å². The zero-order valence-electron chi connectivity index (χ0n) is 9.98. The topological polar surface area (TPSA) is 81.2 Å². The van der Waals surface area contributed by atoms with Crippen LogP contribution in [0.2, 0.25) is 0 Å². The van der Waals surface area contributed by atoms with Crippen LogP contribution in [0.1, 0.15) is 15.2 Å². The number of carbonyl (C=O) groups excluding carboxylic acids is 1. The minimum Gasteiger partial charge on any atom is -0.383 e. The van der Waals surface area contributed by atoms with Crippen molar-refractivity contribution in [3.63, 3.8) is 0 Å². The highest BCUT2D eigenvalue weighted by molar-refractivity contribution is 7.20. The second-order valence-electron chi connectivity index (χ2n) is 3.79. The van der Waals surface area contributed by atoms with Crippen molar-refractivity contribution >= 4 is 27.8 Å². The van der Waals surface area contributed by atoms with Crippen LogP contribution in [0.4, 0.5) is 0 Å². The van der Waals surface area contributed by atoms with Gasteiger partial charge in [-0.15, -0.1) is 11.3 Å². The normalized spacial score (nSPS) is 11.0. The first-order chi connectivity index (χ1) is 8.60. The molecule has 18 heavy (non-hydrogen) atoms. The lowest BCUT2D eigenvalue weighted by Gasteiger charge is -2.03. The summed E-state index contributed by atoms with van der Waals surface area (Å²) in [7, 11) is 1.50. The molecule has 2 heterocycles. The fraction of sp³-hybridized carbons (Fsp3) is 0.364. The molecule has 0 radical (unpaired) electrons. The third-order valence-corrected chi connectivity index (χ3v) is 3.87. The molecule has 0 aliphatic heterocycles. The van der Waals surface area contributed by atoms with Crippen LogP contribution in [0.15, 0.2) is 9.59 Å². The highest BCUT2D eigenvalue weighted by Crippen LogP contribution is 2.24. The lowest BCUT2D eigenvalue weighted by atomic mass is 10.2. The number of hydrogen-bond donors (Lipinski definition) is 1. The third-order valence-electron chi connectivity index (χ3n) is 2.73. The molecular weight excluding hydrogens is 256 g/mol. The predicted octanol–water partition coefficient (Wildman–Crippen LogP) is 0.519. The molecule has 0 bridgehead atoms. The number of fused-ring (bicyclic) bond motifs is 1. The van der Waals surface area contributed by atoms with Crippen LogP contribution in [0.3, 0.4) is 0 Å². The minimum absolute atomic E-state index is 0.187. The number of aromatic amines is 1. The van der Waals surface area contributed by atoms with Crippen molar-refractivity contribution in [3.05, 3.63) is 31.3 Å². The van der Waals surface area contributed by atoms with E-state index in [1.807, 2.05) is 0 Å². The predicted molar refractivity (Wildman–Crippen MR) is 68.7 cm³/mol. The summed E-state index contributed by atoms with van der Waals surface area (Å²) < 4.78 is 5.94. The number of aromatic nitrogens is 2. The number of nitrogens with one attached hydrogen (secondary N) is 1. The van der Waals surface area contributed by atoms with Crippen LogP contribution >= 0.6 is 11.3 Å². The summed E-state index contributed by atoms with van der Waals surface area (Å²) in [5.74, 6) is 0. The number of hydrogen-bond acceptors (Lipinski definition) is 5. The lowest BCUT2D eigenvalue weighted by Crippen LogP contribution is -2.36. The molecule has 0 amide bonds. The Bertz CT molecular complexity index is 710. The average Bonchev–Trinajstić information content (AvgIpc) is 2.65. The van der Waals surface area contributed by atoms with Gasteiger partial charge in [-0.25, -0.2) is 4.79 Å². The van der Waals surface area contributed by atoms with E-state index >= 15 is 0 Å². The summed E-state index contributed by atoms with van der Waals surface area (Å²) in [5, 5.41) is 0.401. The van der Waals surface area contributed by atoms with Crippen LogP contribution in [-0.2, 0) is 11.3 Å². The first-order valence-electron chi connectivity index (χ1n) is 5.30. The van der Waals surface area contributed by atoms with Crippen molar-refractivity contribution in [2.45, 2.75) is 13.5 Å². The Balaban J connectivity index is 2.76. The Kier molecular flexibility index (Phi) is 3.44. The van der Waals surface area contributed by atoms with E-state index in [0.29, 0.717) is 26.9 Å². The molecule has 0 aliphatic rings. The largest absolute Gasteiger partial charge is 0.383 e. The summed E-state index contributed by atoms with van der Waals surface area (Å²) in [6.07, 6.45) is 0.692. The van der Waals surface area contributed by atoms with E-state index in [0.717, 1.165) is 15.9 Å². The number of aryl methyl sites for hydroxylation is 1. The number of thiophene rings is 1. The molecule has 7 heteroatoms. The van der Waals surface area contributed by atoms with E-state index in [2.05, 4.69) is 4.98 Å². The number of rotatable bonds is 4. The van der Waals surface area contributed by atoms with Crippen LogP contribution in [0, 0.1) is 6.92 Å². The SMILES string of the molecule is COCCn1c(=O)[nH]c2sc(C=O)c(C)c2c1=O. The molecule has 0 aromatic carbocycles. The number of methoxy groups -OCH3 is 1. The summed E-state index contributed by atoms with van der Waals surface area (Å²) >= 11 is 1.12. The van der Waals surface area contributed by atoms with E-state index in [9.17, 15) is 14.4 Å². The quantitative estimate of drug-likeness (QED) is 0.820. The van der Waals surface area contributed by atoms with Gasteiger partial charge in [0.15, 0.2) is 6.29 Å². The van der Waals surface area contributed by atoms with Crippen molar-refractivity contribution < 1.29 is 9.53 Å². The van der Waals surface area contributed by atoms with Crippen LogP contribution in [0.5, 0.6) is 0 Å². The Labute approximate surface area is 106 Å². The Hall–Kier alpha value is -1.73. The second kappa shape index (κ2) is 4.87. The molecule has 96 valence electrons. The van der Waals surface area contributed by atoms with Gasteiger partial charge in [0.1, 0.15) is 4.83 Å². The van der Waals surface area contributed by atoms with Gasteiger partial charge >= 0.3 is 5.69 Å². The van der Waals surface area contributed by atoms with Gasteiger partial charge in [0.05, 0.1) is 23.4 Å². The number of H-pyrrole nitrogens is 1. The molecule has 0 aliphatic carbocycles. The van der Waals surface area contributed by atoms with E-state index in [1.165, 1.54) is 7.11 Å². The average molecular weight is 268 g/mol. The zero-order chi connectivity index (χ0) is 13.3. The fourth-order valence-electron chi connectivity index (χ4n) is 1.77. The van der Waals surface area contributed by atoms with Crippen molar-refractivity contribution in [1.82, 2.24) is 9.55 Å². The number of carbonyl (C=O) groups is 1. The van der Waals surface area contributed by atoms with Crippen LogP contribution in [-0.4, -0.2) is 29.6 Å². The maximum absolute atomic E-state index is 12.2. The smallest absolute Gasteiger partial charge is 0.329 e. The first-order valence-corrected chi connectivity index (χ1v) is 6.12. The monoisotopic (exact) mass is 268 g/mol. The molecule has 2 rings (SSSR count).